The van der Waals surface area contributed by atoms with Gasteiger partial charge in [-0.1, -0.05) is 36.4 Å². The highest BCUT2D eigenvalue weighted by Crippen LogP contribution is 2.32. The van der Waals surface area contributed by atoms with E-state index in [0.29, 0.717) is 17.1 Å². The molecule has 0 atom stereocenters. The molecule has 0 aliphatic carbocycles. The van der Waals surface area contributed by atoms with Crippen LogP contribution in [0.15, 0.2) is 65.9 Å². The first-order valence-electron chi connectivity index (χ1n) is 8.51. The predicted molar refractivity (Wildman–Crippen MR) is 103 cm³/mol. The molecule has 4 aromatic rings. The van der Waals surface area contributed by atoms with Gasteiger partial charge in [-0.25, -0.2) is 5.43 Å². The lowest BCUT2D eigenvalue weighted by atomic mass is 10.1. The van der Waals surface area contributed by atoms with Gasteiger partial charge in [-0.15, -0.1) is 0 Å². The maximum Gasteiger partial charge on any atom is 0.271 e. The van der Waals surface area contributed by atoms with Crippen molar-refractivity contribution in [1.82, 2.24) is 10.4 Å². The summed E-state index contributed by atoms with van der Waals surface area (Å²) >= 11 is 0. The Morgan fingerprint density at radius 2 is 1.93 bits per heavy atom. The zero-order chi connectivity index (χ0) is 18.2. The van der Waals surface area contributed by atoms with Crippen molar-refractivity contribution >= 4 is 33.8 Å². The van der Waals surface area contributed by atoms with Crippen LogP contribution in [0, 0.1) is 0 Å². The summed E-state index contributed by atoms with van der Waals surface area (Å²) in [6.45, 7) is 0.174. The number of rotatable bonds is 3. The molecule has 1 aliphatic rings. The number of carbonyl (C=O) groups is 1. The van der Waals surface area contributed by atoms with Gasteiger partial charge < -0.3 is 14.5 Å². The second-order valence-corrected chi connectivity index (χ2v) is 6.22. The third-order valence-corrected chi connectivity index (χ3v) is 4.62. The topological polar surface area (TPSA) is 75.7 Å². The lowest BCUT2D eigenvalue weighted by Gasteiger charge is -2.01. The number of fused-ring (bicyclic) bond motifs is 4. The first-order chi connectivity index (χ1) is 13.3. The fourth-order valence-electron chi connectivity index (χ4n) is 3.26. The van der Waals surface area contributed by atoms with Gasteiger partial charge in [0.15, 0.2) is 11.5 Å². The number of nitrogens with zero attached hydrogens (tertiary/aromatic N) is 1. The molecule has 132 valence electrons. The molecule has 2 N–H and O–H groups in total. The molecule has 0 unspecified atom stereocenters. The van der Waals surface area contributed by atoms with E-state index in [-0.39, 0.29) is 12.7 Å². The lowest BCUT2D eigenvalue weighted by Crippen LogP contribution is -2.17. The second-order valence-electron chi connectivity index (χ2n) is 6.22. The van der Waals surface area contributed by atoms with Crippen LogP contribution in [-0.4, -0.2) is 23.9 Å². The van der Waals surface area contributed by atoms with E-state index in [9.17, 15) is 4.79 Å². The van der Waals surface area contributed by atoms with Gasteiger partial charge >= 0.3 is 0 Å². The maximum atomic E-state index is 12.3. The summed E-state index contributed by atoms with van der Waals surface area (Å²) in [4.78, 5) is 15.6. The summed E-state index contributed by atoms with van der Waals surface area (Å²) < 4.78 is 10.5. The number of aromatic nitrogens is 1. The minimum Gasteiger partial charge on any atom is -0.454 e. The highest BCUT2D eigenvalue weighted by atomic mass is 16.7. The van der Waals surface area contributed by atoms with E-state index in [0.717, 1.165) is 21.9 Å². The van der Waals surface area contributed by atoms with Crippen LogP contribution in [0.4, 0.5) is 0 Å². The van der Waals surface area contributed by atoms with Gasteiger partial charge in [-0.05, 0) is 23.6 Å². The number of hydrogen-bond donors (Lipinski definition) is 2. The molecule has 3 aromatic carbocycles. The average molecular weight is 357 g/mol. The standard InChI is InChI=1S/C21H15N3O3/c25-21(14-6-8-18-19(9-14)27-12-26-18)24-23-11-15-10-22-20-16-4-2-1-3-13(16)5-7-17(15)20/h1-11,22H,12H2,(H,24,25)/b23-11-. The molecule has 2 heterocycles. The summed E-state index contributed by atoms with van der Waals surface area (Å²) in [5, 5.41) is 7.47. The van der Waals surface area contributed by atoms with Crippen molar-refractivity contribution < 1.29 is 14.3 Å². The van der Waals surface area contributed by atoms with Crippen LogP contribution in [0.5, 0.6) is 11.5 Å². The first-order valence-corrected chi connectivity index (χ1v) is 8.51. The number of H-pyrrole nitrogens is 1. The van der Waals surface area contributed by atoms with Gasteiger partial charge in [-0.2, -0.15) is 5.10 Å². The van der Waals surface area contributed by atoms with Crippen molar-refractivity contribution in [2.45, 2.75) is 0 Å². The van der Waals surface area contributed by atoms with Gasteiger partial charge in [-0.3, -0.25) is 4.79 Å². The van der Waals surface area contributed by atoms with Crippen LogP contribution in [0.3, 0.4) is 0 Å². The number of hydrazone groups is 1. The Bertz CT molecular complexity index is 1210. The van der Waals surface area contributed by atoms with Crippen LogP contribution < -0.4 is 14.9 Å². The van der Waals surface area contributed by atoms with Crippen LogP contribution in [0.25, 0.3) is 21.7 Å². The number of amides is 1. The van der Waals surface area contributed by atoms with Gasteiger partial charge in [0.25, 0.3) is 5.91 Å². The highest BCUT2D eigenvalue weighted by molar-refractivity contribution is 6.11. The molecule has 0 saturated heterocycles. The smallest absolute Gasteiger partial charge is 0.271 e. The molecule has 0 radical (unpaired) electrons. The van der Waals surface area contributed by atoms with Crippen molar-refractivity contribution in [3.63, 3.8) is 0 Å². The molecule has 27 heavy (non-hydrogen) atoms. The van der Waals surface area contributed by atoms with Crippen molar-refractivity contribution in [2.75, 3.05) is 6.79 Å². The molecule has 1 amide bonds. The SMILES string of the molecule is O=C(N/N=C\c1c[nH]c2c1ccc1ccccc12)c1ccc2c(c1)OCO2. The minimum atomic E-state index is -0.310. The normalized spacial score (nSPS) is 12.9. The predicted octanol–water partition coefficient (Wildman–Crippen LogP) is 3.81. The number of carbonyl (C=O) groups excluding carboxylic acids is 1. The number of hydrogen-bond acceptors (Lipinski definition) is 4. The fraction of sp³-hybridized carbons (Fsp3) is 0.0476. The Hall–Kier alpha value is -3.80. The summed E-state index contributed by atoms with van der Waals surface area (Å²) in [6.07, 6.45) is 3.52. The Labute approximate surface area is 154 Å². The van der Waals surface area contributed by atoms with Gasteiger partial charge in [0, 0.05) is 28.1 Å². The number of nitrogens with one attached hydrogen (secondary N) is 2. The Kier molecular flexibility index (Phi) is 3.53. The monoisotopic (exact) mass is 357 g/mol. The van der Waals surface area contributed by atoms with Gasteiger partial charge in [0.1, 0.15) is 0 Å². The van der Waals surface area contributed by atoms with Crippen molar-refractivity contribution in [1.29, 1.82) is 0 Å². The van der Waals surface area contributed by atoms with E-state index in [1.807, 2.05) is 18.3 Å². The second kappa shape index (κ2) is 6.17. The van der Waals surface area contributed by atoms with E-state index >= 15 is 0 Å². The minimum absolute atomic E-state index is 0.174. The largest absolute Gasteiger partial charge is 0.454 e. The van der Waals surface area contributed by atoms with Crippen LogP contribution >= 0.6 is 0 Å². The quantitative estimate of drug-likeness (QED) is 0.432. The van der Waals surface area contributed by atoms with Gasteiger partial charge in [0.05, 0.1) is 11.7 Å². The summed E-state index contributed by atoms with van der Waals surface area (Å²) in [5.74, 6) is 0.894. The molecule has 6 heteroatoms. The molecule has 0 fully saturated rings. The number of benzene rings is 3. The Balaban J connectivity index is 1.38. The molecular weight excluding hydrogens is 342 g/mol. The third kappa shape index (κ3) is 2.67. The van der Waals surface area contributed by atoms with E-state index < -0.39 is 0 Å². The fourth-order valence-corrected chi connectivity index (χ4v) is 3.26. The van der Waals surface area contributed by atoms with Crippen molar-refractivity contribution in [2.24, 2.45) is 5.10 Å². The molecule has 0 spiro atoms. The Morgan fingerprint density at radius 1 is 1.04 bits per heavy atom. The molecule has 0 bridgehead atoms. The third-order valence-electron chi connectivity index (χ3n) is 4.62. The number of ether oxygens (including phenoxy) is 2. The molecule has 1 aromatic heterocycles. The van der Waals surface area contributed by atoms with Crippen LogP contribution in [0.2, 0.25) is 0 Å². The summed E-state index contributed by atoms with van der Waals surface area (Å²) in [6, 6.07) is 17.4. The van der Waals surface area contributed by atoms with Crippen LogP contribution in [0.1, 0.15) is 15.9 Å². The van der Waals surface area contributed by atoms with Gasteiger partial charge in [0.2, 0.25) is 6.79 Å². The molecule has 5 rings (SSSR count). The zero-order valence-corrected chi connectivity index (χ0v) is 14.2. The summed E-state index contributed by atoms with van der Waals surface area (Å²) in [5.41, 5.74) is 4.97. The van der Waals surface area contributed by atoms with E-state index in [4.69, 9.17) is 9.47 Å². The van der Waals surface area contributed by atoms with Crippen molar-refractivity contribution in [3.8, 4) is 11.5 Å². The average Bonchev–Trinajstić information content (AvgIpc) is 3.34. The molecule has 1 aliphatic heterocycles. The molecular formula is C21H15N3O3. The molecule has 0 saturated carbocycles. The van der Waals surface area contributed by atoms with E-state index in [1.54, 1.807) is 24.4 Å². The lowest BCUT2D eigenvalue weighted by molar-refractivity contribution is 0.0954. The summed E-state index contributed by atoms with van der Waals surface area (Å²) in [7, 11) is 0. The van der Waals surface area contributed by atoms with Crippen molar-refractivity contribution in [3.05, 3.63) is 71.9 Å². The Morgan fingerprint density at radius 3 is 2.89 bits per heavy atom. The van der Waals surface area contributed by atoms with E-state index in [1.165, 1.54) is 5.39 Å². The molecule has 6 nitrogen and oxygen atoms in total. The van der Waals surface area contributed by atoms with E-state index in [2.05, 4.69) is 39.8 Å². The number of aromatic amines is 1. The maximum absolute atomic E-state index is 12.3. The van der Waals surface area contributed by atoms with Crippen LogP contribution in [-0.2, 0) is 0 Å². The first kappa shape index (κ1) is 15.5. The zero-order valence-electron chi connectivity index (χ0n) is 14.2. The highest BCUT2D eigenvalue weighted by Gasteiger charge is 2.15.